The summed E-state index contributed by atoms with van der Waals surface area (Å²) in [5, 5.41) is 3.06. The molecule has 2 saturated heterocycles. The van der Waals surface area contributed by atoms with Crippen LogP contribution in [0, 0.1) is 6.92 Å². The van der Waals surface area contributed by atoms with Gasteiger partial charge in [-0.25, -0.2) is 0 Å². The van der Waals surface area contributed by atoms with Crippen molar-refractivity contribution in [1.82, 2.24) is 10.2 Å². The van der Waals surface area contributed by atoms with Crippen LogP contribution >= 0.6 is 0 Å². The first kappa shape index (κ1) is 16.9. The number of amides is 2. The van der Waals surface area contributed by atoms with Gasteiger partial charge in [-0.2, -0.15) is 0 Å². The van der Waals surface area contributed by atoms with Crippen molar-refractivity contribution >= 4 is 11.8 Å². The van der Waals surface area contributed by atoms with Gasteiger partial charge in [0.1, 0.15) is 0 Å². The molecule has 2 aliphatic rings. The molecule has 24 heavy (non-hydrogen) atoms. The maximum atomic E-state index is 12.6. The van der Waals surface area contributed by atoms with Gasteiger partial charge in [0.15, 0.2) is 0 Å². The van der Waals surface area contributed by atoms with E-state index >= 15 is 0 Å². The third-order valence-corrected chi connectivity index (χ3v) is 4.58. The predicted octanol–water partition coefficient (Wildman–Crippen LogP) is 1.38. The first-order valence-electron chi connectivity index (χ1n) is 8.51. The van der Waals surface area contributed by atoms with E-state index in [0.29, 0.717) is 50.6 Å². The van der Waals surface area contributed by atoms with Gasteiger partial charge in [-0.1, -0.05) is 6.07 Å². The summed E-state index contributed by atoms with van der Waals surface area (Å²) < 4.78 is 10.6. The zero-order valence-electron chi connectivity index (χ0n) is 14.0. The van der Waals surface area contributed by atoms with E-state index in [1.54, 1.807) is 17.0 Å². The minimum Gasteiger partial charge on any atom is -0.381 e. The second-order valence-electron chi connectivity index (χ2n) is 6.29. The molecule has 0 aliphatic carbocycles. The third kappa shape index (κ3) is 3.94. The molecule has 0 aromatic heterocycles. The molecular formula is C18H24N2O4. The number of nitrogens with zero attached hydrogens (tertiary/aromatic N) is 1. The van der Waals surface area contributed by atoms with Gasteiger partial charge in [-0.15, -0.1) is 0 Å². The van der Waals surface area contributed by atoms with Gasteiger partial charge in [0.25, 0.3) is 11.8 Å². The van der Waals surface area contributed by atoms with Crippen LogP contribution in [0.1, 0.15) is 39.1 Å². The van der Waals surface area contributed by atoms with Crippen molar-refractivity contribution in [3.8, 4) is 0 Å². The van der Waals surface area contributed by atoms with Crippen LogP contribution in [0.4, 0.5) is 0 Å². The van der Waals surface area contributed by atoms with Crippen LogP contribution in [0.5, 0.6) is 0 Å². The SMILES string of the molecule is Cc1ccc(C(=O)N2CCOCC2)cc1C(=O)NC1CCOCC1. The van der Waals surface area contributed by atoms with E-state index in [-0.39, 0.29) is 17.9 Å². The maximum Gasteiger partial charge on any atom is 0.254 e. The van der Waals surface area contributed by atoms with Crippen LogP contribution in [0.25, 0.3) is 0 Å². The fourth-order valence-electron chi connectivity index (χ4n) is 3.05. The average Bonchev–Trinajstić information content (AvgIpc) is 2.63. The van der Waals surface area contributed by atoms with E-state index < -0.39 is 0 Å². The maximum absolute atomic E-state index is 12.6. The molecule has 6 heteroatoms. The summed E-state index contributed by atoms with van der Waals surface area (Å²) in [5.41, 5.74) is 2.00. The lowest BCUT2D eigenvalue weighted by molar-refractivity contribution is 0.0303. The molecule has 0 atom stereocenters. The molecule has 1 aromatic carbocycles. The van der Waals surface area contributed by atoms with E-state index in [0.717, 1.165) is 18.4 Å². The molecule has 3 rings (SSSR count). The zero-order valence-corrected chi connectivity index (χ0v) is 14.0. The number of benzene rings is 1. The highest BCUT2D eigenvalue weighted by atomic mass is 16.5. The van der Waals surface area contributed by atoms with Crippen LogP contribution in [0.15, 0.2) is 18.2 Å². The molecule has 1 aromatic rings. The Morgan fingerprint density at radius 2 is 1.75 bits per heavy atom. The van der Waals surface area contributed by atoms with Crippen molar-refractivity contribution in [1.29, 1.82) is 0 Å². The van der Waals surface area contributed by atoms with Gasteiger partial charge in [-0.05, 0) is 37.5 Å². The largest absolute Gasteiger partial charge is 0.381 e. The Bertz CT molecular complexity index is 605. The Labute approximate surface area is 142 Å². The molecular weight excluding hydrogens is 308 g/mol. The molecule has 2 fully saturated rings. The lowest BCUT2D eigenvalue weighted by Gasteiger charge is -2.27. The van der Waals surface area contributed by atoms with Crippen molar-refractivity contribution in [2.24, 2.45) is 0 Å². The smallest absolute Gasteiger partial charge is 0.254 e. The summed E-state index contributed by atoms with van der Waals surface area (Å²) in [5.74, 6) is -0.158. The first-order valence-corrected chi connectivity index (χ1v) is 8.51. The summed E-state index contributed by atoms with van der Waals surface area (Å²) in [6.07, 6.45) is 1.66. The lowest BCUT2D eigenvalue weighted by Crippen LogP contribution is -2.41. The van der Waals surface area contributed by atoms with E-state index in [1.165, 1.54) is 0 Å². The van der Waals surface area contributed by atoms with Gasteiger partial charge >= 0.3 is 0 Å². The summed E-state index contributed by atoms with van der Waals surface area (Å²) in [7, 11) is 0. The van der Waals surface area contributed by atoms with Gasteiger partial charge in [0.2, 0.25) is 0 Å². The van der Waals surface area contributed by atoms with Crippen LogP contribution in [-0.4, -0.2) is 62.3 Å². The highest BCUT2D eigenvalue weighted by molar-refractivity contribution is 6.00. The summed E-state index contributed by atoms with van der Waals surface area (Å²) >= 11 is 0. The standard InChI is InChI=1S/C18H24N2O4/c1-13-2-3-14(18(22)20-6-10-24-11-7-20)12-16(13)17(21)19-15-4-8-23-9-5-15/h2-3,12,15H,4-11H2,1H3,(H,19,21). The fourth-order valence-corrected chi connectivity index (χ4v) is 3.05. The molecule has 0 spiro atoms. The van der Waals surface area contributed by atoms with Crippen molar-refractivity contribution < 1.29 is 19.1 Å². The molecule has 0 saturated carbocycles. The molecule has 2 amide bonds. The fraction of sp³-hybridized carbons (Fsp3) is 0.556. The Morgan fingerprint density at radius 3 is 2.46 bits per heavy atom. The number of rotatable bonds is 3. The molecule has 2 aliphatic heterocycles. The number of morpholine rings is 1. The van der Waals surface area contributed by atoms with Crippen molar-refractivity contribution in [2.45, 2.75) is 25.8 Å². The number of aryl methyl sites for hydroxylation is 1. The van der Waals surface area contributed by atoms with E-state index in [9.17, 15) is 9.59 Å². The highest BCUT2D eigenvalue weighted by Crippen LogP contribution is 2.15. The summed E-state index contributed by atoms with van der Waals surface area (Å²) in [6, 6.07) is 5.48. The molecule has 6 nitrogen and oxygen atoms in total. The Hall–Kier alpha value is -1.92. The van der Waals surface area contributed by atoms with Crippen molar-refractivity contribution in [3.63, 3.8) is 0 Å². The second kappa shape index (κ2) is 7.77. The number of hydrogen-bond acceptors (Lipinski definition) is 4. The van der Waals surface area contributed by atoms with Crippen molar-refractivity contribution in [2.75, 3.05) is 39.5 Å². The summed E-state index contributed by atoms with van der Waals surface area (Å²) in [4.78, 5) is 27.0. The topological polar surface area (TPSA) is 67.9 Å². The average molecular weight is 332 g/mol. The zero-order chi connectivity index (χ0) is 16.9. The lowest BCUT2D eigenvalue weighted by atomic mass is 10.0. The van der Waals surface area contributed by atoms with Crippen LogP contribution < -0.4 is 5.32 Å². The Morgan fingerprint density at radius 1 is 1.08 bits per heavy atom. The predicted molar refractivity (Wildman–Crippen MR) is 89.2 cm³/mol. The third-order valence-electron chi connectivity index (χ3n) is 4.58. The van der Waals surface area contributed by atoms with Gasteiger partial charge in [0.05, 0.1) is 13.2 Å². The number of carbonyl (C=O) groups excluding carboxylic acids is 2. The molecule has 0 bridgehead atoms. The molecule has 0 radical (unpaired) electrons. The number of ether oxygens (including phenoxy) is 2. The summed E-state index contributed by atoms with van der Waals surface area (Å²) in [6.45, 7) is 5.57. The molecule has 2 heterocycles. The van der Waals surface area contributed by atoms with E-state index in [1.807, 2.05) is 13.0 Å². The normalized spacial score (nSPS) is 19.1. The molecule has 130 valence electrons. The number of hydrogen-bond donors (Lipinski definition) is 1. The minimum absolute atomic E-state index is 0.0431. The molecule has 1 N–H and O–H groups in total. The Kier molecular flexibility index (Phi) is 5.48. The van der Waals surface area contributed by atoms with Crippen LogP contribution in [0.2, 0.25) is 0 Å². The van der Waals surface area contributed by atoms with Gasteiger partial charge in [0, 0.05) is 43.5 Å². The van der Waals surface area contributed by atoms with Crippen LogP contribution in [0.3, 0.4) is 0 Å². The quantitative estimate of drug-likeness (QED) is 0.908. The molecule has 0 unspecified atom stereocenters. The number of nitrogens with one attached hydrogen (secondary N) is 1. The van der Waals surface area contributed by atoms with Gasteiger partial charge in [-0.3, -0.25) is 9.59 Å². The van der Waals surface area contributed by atoms with Crippen molar-refractivity contribution in [3.05, 3.63) is 34.9 Å². The Balaban J connectivity index is 1.72. The number of carbonyl (C=O) groups is 2. The van der Waals surface area contributed by atoms with Gasteiger partial charge < -0.3 is 19.7 Å². The highest BCUT2D eigenvalue weighted by Gasteiger charge is 2.22. The second-order valence-corrected chi connectivity index (χ2v) is 6.29. The van der Waals surface area contributed by atoms with Crippen LogP contribution in [-0.2, 0) is 9.47 Å². The minimum atomic E-state index is -0.115. The van der Waals surface area contributed by atoms with E-state index in [2.05, 4.69) is 5.32 Å². The first-order chi connectivity index (χ1) is 11.6. The van der Waals surface area contributed by atoms with E-state index in [4.69, 9.17) is 9.47 Å². The monoisotopic (exact) mass is 332 g/mol.